The fourth-order valence-electron chi connectivity index (χ4n) is 8.03. The number of para-hydroxylation sites is 2. The lowest BCUT2D eigenvalue weighted by molar-refractivity contribution is 0.648. The van der Waals surface area contributed by atoms with E-state index in [0.29, 0.717) is 0 Å². The maximum Gasteiger partial charge on any atom is 0.143 e. The second-order valence-electron chi connectivity index (χ2n) is 12.9. The molecule has 0 radical (unpaired) electrons. The van der Waals surface area contributed by atoms with E-state index >= 15 is 0 Å². The molecule has 0 fully saturated rings. The van der Waals surface area contributed by atoms with Crippen LogP contribution in [0.25, 0.3) is 82.5 Å². The van der Waals surface area contributed by atoms with E-state index in [1.54, 1.807) is 0 Å². The second-order valence-corrected chi connectivity index (χ2v) is 12.9. The van der Waals surface area contributed by atoms with E-state index in [4.69, 9.17) is 4.42 Å². The van der Waals surface area contributed by atoms with E-state index in [0.717, 1.165) is 33.4 Å². The summed E-state index contributed by atoms with van der Waals surface area (Å²) in [5.74, 6) is 0. The largest absolute Gasteiger partial charge is 0.455 e. The maximum absolute atomic E-state index is 6.71. The SMILES string of the molecule is CC1(C)c2ccccc2-c2cc3c(cc21)oc1c(-c2ccc(-n4c5ccccc5c5c6ccccc6ccc54)cc2)cccc13. The highest BCUT2D eigenvalue weighted by atomic mass is 16.3. The standard InChI is InChI=1S/C43H29NO/c1-43(2)36-16-7-5-12-31(36)34-24-35-32-15-9-14-30(42(32)45-40(35)25-37(34)43)27-18-21-28(22-19-27)44-38-17-8-6-13-33(38)41-29-11-4-3-10-26(29)20-23-39(41)44/h3-25H,1-2H3. The summed E-state index contributed by atoms with van der Waals surface area (Å²) < 4.78 is 9.10. The number of aromatic nitrogens is 1. The van der Waals surface area contributed by atoms with Crippen LogP contribution in [0.4, 0.5) is 0 Å². The van der Waals surface area contributed by atoms with E-state index in [-0.39, 0.29) is 5.41 Å². The lowest BCUT2D eigenvalue weighted by atomic mass is 9.82. The molecule has 0 atom stereocenters. The molecule has 0 unspecified atom stereocenters. The molecule has 1 aliphatic carbocycles. The van der Waals surface area contributed by atoms with Crippen LogP contribution in [0, 0.1) is 0 Å². The van der Waals surface area contributed by atoms with E-state index in [2.05, 4.69) is 158 Å². The Morgan fingerprint density at radius 2 is 1.24 bits per heavy atom. The van der Waals surface area contributed by atoms with Gasteiger partial charge in [0.15, 0.2) is 0 Å². The number of rotatable bonds is 2. The Hall–Kier alpha value is -5.60. The molecule has 0 spiro atoms. The van der Waals surface area contributed by atoms with Crippen molar-refractivity contribution < 1.29 is 4.42 Å². The Morgan fingerprint density at radius 1 is 0.511 bits per heavy atom. The lowest BCUT2D eigenvalue weighted by Crippen LogP contribution is -2.14. The van der Waals surface area contributed by atoms with Gasteiger partial charge in [0.1, 0.15) is 11.2 Å². The lowest BCUT2D eigenvalue weighted by Gasteiger charge is -2.21. The number of hydrogen-bond acceptors (Lipinski definition) is 1. The number of fused-ring (bicyclic) bond motifs is 11. The first kappa shape index (κ1) is 24.8. The van der Waals surface area contributed by atoms with Crippen LogP contribution in [0.1, 0.15) is 25.0 Å². The van der Waals surface area contributed by atoms with Crippen molar-refractivity contribution in [3.8, 4) is 27.9 Å². The average Bonchev–Trinajstić information content (AvgIpc) is 3.70. The summed E-state index contributed by atoms with van der Waals surface area (Å²) in [6.45, 7) is 4.64. The Morgan fingerprint density at radius 3 is 2.13 bits per heavy atom. The molecule has 0 saturated heterocycles. The zero-order chi connectivity index (χ0) is 29.9. The van der Waals surface area contributed by atoms with Crippen LogP contribution in [0.5, 0.6) is 0 Å². The van der Waals surface area contributed by atoms with E-state index in [9.17, 15) is 0 Å². The Kier molecular flexibility index (Phi) is 4.82. The van der Waals surface area contributed by atoms with Crippen molar-refractivity contribution in [2.75, 3.05) is 0 Å². The van der Waals surface area contributed by atoms with Gasteiger partial charge in [0, 0.05) is 38.2 Å². The number of nitrogens with zero attached hydrogens (tertiary/aromatic N) is 1. The van der Waals surface area contributed by atoms with Gasteiger partial charge in [0.05, 0.1) is 11.0 Å². The number of benzene rings is 7. The minimum absolute atomic E-state index is 0.0587. The highest BCUT2D eigenvalue weighted by Crippen LogP contribution is 2.51. The molecule has 0 amide bonds. The summed E-state index contributed by atoms with van der Waals surface area (Å²) in [7, 11) is 0. The van der Waals surface area contributed by atoms with Crippen molar-refractivity contribution in [1.82, 2.24) is 4.57 Å². The highest BCUT2D eigenvalue weighted by Gasteiger charge is 2.36. The predicted molar refractivity (Wildman–Crippen MR) is 189 cm³/mol. The van der Waals surface area contributed by atoms with Crippen molar-refractivity contribution >= 4 is 54.5 Å². The molecular weight excluding hydrogens is 546 g/mol. The van der Waals surface area contributed by atoms with Crippen molar-refractivity contribution in [2.24, 2.45) is 0 Å². The van der Waals surface area contributed by atoms with Crippen LogP contribution in [0.15, 0.2) is 144 Å². The fourth-order valence-corrected chi connectivity index (χ4v) is 8.03. The molecule has 10 rings (SSSR count). The summed E-state index contributed by atoms with van der Waals surface area (Å²) in [5, 5.41) is 7.46. The third-order valence-electron chi connectivity index (χ3n) is 10.2. The number of hydrogen-bond donors (Lipinski definition) is 0. The third-order valence-corrected chi connectivity index (χ3v) is 10.2. The molecule has 0 saturated carbocycles. The smallest absolute Gasteiger partial charge is 0.143 e. The topological polar surface area (TPSA) is 18.1 Å². The first-order valence-electron chi connectivity index (χ1n) is 15.7. The Bertz CT molecular complexity index is 2670. The van der Waals surface area contributed by atoms with Crippen molar-refractivity contribution in [3.05, 3.63) is 151 Å². The molecule has 212 valence electrons. The van der Waals surface area contributed by atoms with Gasteiger partial charge in [-0.15, -0.1) is 0 Å². The summed E-state index contributed by atoms with van der Waals surface area (Å²) in [6.07, 6.45) is 0. The molecule has 2 heteroatoms. The summed E-state index contributed by atoms with van der Waals surface area (Å²) >= 11 is 0. The van der Waals surface area contributed by atoms with Gasteiger partial charge in [0.2, 0.25) is 0 Å². The van der Waals surface area contributed by atoms with Crippen LogP contribution < -0.4 is 0 Å². The van der Waals surface area contributed by atoms with Crippen molar-refractivity contribution in [2.45, 2.75) is 19.3 Å². The molecular formula is C43H29NO. The minimum Gasteiger partial charge on any atom is -0.455 e. The Balaban J connectivity index is 1.13. The van der Waals surface area contributed by atoms with Gasteiger partial charge < -0.3 is 8.98 Å². The van der Waals surface area contributed by atoms with Gasteiger partial charge in [0.25, 0.3) is 0 Å². The molecule has 7 aromatic carbocycles. The van der Waals surface area contributed by atoms with E-state index in [1.165, 1.54) is 60.2 Å². The molecule has 2 heterocycles. The molecule has 1 aliphatic rings. The van der Waals surface area contributed by atoms with Crippen molar-refractivity contribution in [3.63, 3.8) is 0 Å². The number of furan rings is 1. The maximum atomic E-state index is 6.71. The van der Waals surface area contributed by atoms with Crippen molar-refractivity contribution in [1.29, 1.82) is 0 Å². The minimum atomic E-state index is -0.0587. The third kappa shape index (κ3) is 3.29. The van der Waals surface area contributed by atoms with Crippen LogP contribution in [-0.4, -0.2) is 4.57 Å². The average molecular weight is 576 g/mol. The molecule has 0 N–H and O–H groups in total. The van der Waals surface area contributed by atoms with Gasteiger partial charge in [-0.3, -0.25) is 0 Å². The zero-order valence-corrected chi connectivity index (χ0v) is 25.1. The quantitative estimate of drug-likeness (QED) is 0.200. The predicted octanol–water partition coefficient (Wildman–Crippen LogP) is 11.8. The van der Waals surface area contributed by atoms with Gasteiger partial charge in [-0.25, -0.2) is 0 Å². The summed E-state index contributed by atoms with van der Waals surface area (Å²) in [6, 6.07) is 50.8. The first-order chi connectivity index (χ1) is 22.1. The van der Waals surface area contributed by atoms with Crippen LogP contribution >= 0.6 is 0 Å². The van der Waals surface area contributed by atoms with Crippen LogP contribution in [0.3, 0.4) is 0 Å². The van der Waals surface area contributed by atoms with Gasteiger partial charge in [-0.2, -0.15) is 0 Å². The zero-order valence-electron chi connectivity index (χ0n) is 25.1. The second kappa shape index (κ2) is 8.74. The Labute approximate surface area is 260 Å². The summed E-state index contributed by atoms with van der Waals surface area (Å²) in [4.78, 5) is 0. The normalized spacial score (nSPS) is 13.7. The van der Waals surface area contributed by atoms with Crippen LogP contribution in [0.2, 0.25) is 0 Å². The van der Waals surface area contributed by atoms with Gasteiger partial charge >= 0.3 is 0 Å². The molecule has 9 aromatic rings. The highest BCUT2D eigenvalue weighted by molar-refractivity contribution is 6.21. The van der Waals surface area contributed by atoms with Gasteiger partial charge in [-0.05, 0) is 75.0 Å². The molecule has 0 bridgehead atoms. The molecule has 2 nitrogen and oxygen atoms in total. The van der Waals surface area contributed by atoms with Gasteiger partial charge in [-0.1, -0.05) is 117 Å². The molecule has 45 heavy (non-hydrogen) atoms. The van der Waals surface area contributed by atoms with Crippen LogP contribution in [-0.2, 0) is 5.41 Å². The monoisotopic (exact) mass is 575 g/mol. The van der Waals surface area contributed by atoms with E-state index < -0.39 is 0 Å². The molecule has 0 aliphatic heterocycles. The van der Waals surface area contributed by atoms with E-state index in [1.807, 2.05) is 0 Å². The fraction of sp³-hybridized carbons (Fsp3) is 0.0698. The molecule has 2 aromatic heterocycles. The first-order valence-corrected chi connectivity index (χ1v) is 15.7. The summed E-state index contributed by atoms with van der Waals surface area (Å²) in [5.41, 5.74) is 13.0.